The summed E-state index contributed by atoms with van der Waals surface area (Å²) in [6.45, 7) is 7.63. The highest BCUT2D eigenvalue weighted by molar-refractivity contribution is 6.31. The van der Waals surface area contributed by atoms with Gasteiger partial charge in [-0.15, -0.1) is 0 Å². The Bertz CT molecular complexity index is 427. The minimum Gasteiger partial charge on any atom is -0.308 e. The van der Waals surface area contributed by atoms with E-state index in [1.54, 1.807) is 0 Å². The topological polar surface area (TPSA) is 29.9 Å². The maximum Gasteiger partial charge on any atom is 0.0863 e. The predicted molar refractivity (Wildman–Crippen MR) is 80.4 cm³/mol. The second-order valence-electron chi connectivity index (χ2n) is 6.07. The molecule has 108 valence electrons. The summed E-state index contributed by atoms with van der Waals surface area (Å²) in [6.07, 6.45) is 4.83. The van der Waals surface area contributed by atoms with E-state index < -0.39 is 0 Å². The van der Waals surface area contributed by atoms with E-state index in [1.165, 1.54) is 19.3 Å². The molecule has 1 heterocycles. The monoisotopic (exact) mass is 283 g/mol. The van der Waals surface area contributed by atoms with Crippen molar-refractivity contribution in [2.75, 3.05) is 0 Å². The molecule has 0 spiro atoms. The summed E-state index contributed by atoms with van der Waals surface area (Å²) in [5, 5.41) is 8.99. The maximum atomic E-state index is 6.38. The van der Waals surface area contributed by atoms with Gasteiger partial charge in [0.25, 0.3) is 0 Å². The molecule has 19 heavy (non-hydrogen) atoms. The molecule has 1 aromatic rings. The van der Waals surface area contributed by atoms with Gasteiger partial charge in [0.15, 0.2) is 0 Å². The number of hydrogen-bond donors (Lipinski definition) is 1. The molecule has 0 bridgehead atoms. The Morgan fingerprint density at radius 1 is 1.37 bits per heavy atom. The molecule has 1 fully saturated rings. The van der Waals surface area contributed by atoms with E-state index in [-0.39, 0.29) is 0 Å². The molecular formula is C15H26ClN3. The Balaban J connectivity index is 1.97. The summed E-state index contributed by atoms with van der Waals surface area (Å²) in [7, 11) is 1.98. The quantitative estimate of drug-likeness (QED) is 0.916. The molecule has 0 aromatic carbocycles. The van der Waals surface area contributed by atoms with Crippen LogP contribution in [0.2, 0.25) is 5.02 Å². The van der Waals surface area contributed by atoms with E-state index in [2.05, 4.69) is 31.2 Å². The minimum atomic E-state index is 0.618. The molecular weight excluding hydrogens is 258 g/mol. The average Bonchev–Trinajstić information content (AvgIpc) is 2.64. The van der Waals surface area contributed by atoms with Crippen molar-refractivity contribution in [1.29, 1.82) is 0 Å². The molecule has 1 aromatic heterocycles. The van der Waals surface area contributed by atoms with E-state index in [9.17, 15) is 0 Å². The third-order valence-corrected chi connectivity index (χ3v) is 4.90. The van der Waals surface area contributed by atoms with Crippen LogP contribution in [0.1, 0.15) is 51.4 Å². The molecule has 1 saturated carbocycles. The van der Waals surface area contributed by atoms with Crippen molar-refractivity contribution in [2.24, 2.45) is 18.9 Å². The fourth-order valence-electron chi connectivity index (χ4n) is 3.21. The second kappa shape index (κ2) is 6.27. The number of nitrogens with zero attached hydrogens (tertiary/aromatic N) is 2. The Labute approximate surface area is 121 Å². The van der Waals surface area contributed by atoms with Crippen molar-refractivity contribution >= 4 is 11.6 Å². The highest BCUT2D eigenvalue weighted by Gasteiger charge is 2.25. The highest BCUT2D eigenvalue weighted by Crippen LogP contribution is 2.29. The number of halogens is 1. The molecule has 0 amide bonds. The number of aromatic nitrogens is 2. The molecule has 1 N–H and O–H groups in total. The van der Waals surface area contributed by atoms with Gasteiger partial charge < -0.3 is 5.32 Å². The lowest BCUT2D eigenvalue weighted by Crippen LogP contribution is -2.39. The van der Waals surface area contributed by atoms with Crippen molar-refractivity contribution in [2.45, 2.75) is 59.0 Å². The first-order valence-electron chi connectivity index (χ1n) is 7.46. The second-order valence-corrected chi connectivity index (χ2v) is 6.45. The summed E-state index contributed by atoms with van der Waals surface area (Å²) in [4.78, 5) is 0. The van der Waals surface area contributed by atoms with Crippen LogP contribution in [-0.2, 0) is 20.0 Å². The standard InChI is InChI=1S/C15H26ClN3/c1-5-12-15(16)14(19(4)18-12)9-17-13-7-6-10(2)8-11(13)3/h10-11,13,17H,5-9H2,1-4H3. The largest absolute Gasteiger partial charge is 0.308 e. The van der Waals surface area contributed by atoms with E-state index in [4.69, 9.17) is 11.6 Å². The molecule has 1 aliphatic carbocycles. The van der Waals surface area contributed by atoms with Crippen LogP contribution < -0.4 is 5.32 Å². The summed E-state index contributed by atoms with van der Waals surface area (Å²) < 4.78 is 1.92. The van der Waals surface area contributed by atoms with E-state index in [0.29, 0.717) is 6.04 Å². The molecule has 3 nitrogen and oxygen atoms in total. The van der Waals surface area contributed by atoms with Crippen LogP contribution in [-0.4, -0.2) is 15.8 Å². The highest BCUT2D eigenvalue weighted by atomic mass is 35.5. The van der Waals surface area contributed by atoms with E-state index in [0.717, 1.165) is 41.2 Å². The lowest BCUT2D eigenvalue weighted by molar-refractivity contribution is 0.226. The number of hydrogen-bond acceptors (Lipinski definition) is 2. The van der Waals surface area contributed by atoms with Gasteiger partial charge in [-0.25, -0.2) is 0 Å². The fourth-order valence-corrected chi connectivity index (χ4v) is 3.57. The van der Waals surface area contributed by atoms with Gasteiger partial charge in [0.1, 0.15) is 0 Å². The molecule has 4 heteroatoms. The van der Waals surface area contributed by atoms with Crippen molar-refractivity contribution in [1.82, 2.24) is 15.1 Å². The molecule has 2 rings (SSSR count). The lowest BCUT2D eigenvalue weighted by Gasteiger charge is -2.33. The Morgan fingerprint density at radius 2 is 2.11 bits per heavy atom. The molecule has 3 atom stereocenters. The summed E-state index contributed by atoms with van der Waals surface area (Å²) in [5.41, 5.74) is 2.12. The molecule has 0 saturated heterocycles. The number of aryl methyl sites for hydroxylation is 2. The van der Waals surface area contributed by atoms with Gasteiger partial charge in [0.05, 0.1) is 16.4 Å². The van der Waals surface area contributed by atoms with Gasteiger partial charge in [-0.2, -0.15) is 5.10 Å². The van der Waals surface area contributed by atoms with Crippen LogP contribution in [0.3, 0.4) is 0 Å². The third-order valence-electron chi connectivity index (χ3n) is 4.47. The summed E-state index contributed by atoms with van der Waals surface area (Å²) >= 11 is 6.38. The average molecular weight is 284 g/mol. The van der Waals surface area contributed by atoms with E-state index in [1.807, 2.05) is 11.7 Å². The number of nitrogens with one attached hydrogen (secondary N) is 1. The fraction of sp³-hybridized carbons (Fsp3) is 0.800. The normalized spacial score (nSPS) is 27.7. The zero-order valence-electron chi connectivity index (χ0n) is 12.5. The Morgan fingerprint density at radius 3 is 2.68 bits per heavy atom. The SMILES string of the molecule is CCc1nn(C)c(CNC2CCC(C)CC2C)c1Cl. The van der Waals surface area contributed by atoms with Gasteiger partial charge in [-0.1, -0.05) is 32.4 Å². The van der Waals surface area contributed by atoms with Gasteiger partial charge in [-0.05, 0) is 37.5 Å². The molecule has 1 aliphatic rings. The Kier molecular flexibility index (Phi) is 4.91. The smallest absolute Gasteiger partial charge is 0.0863 e. The van der Waals surface area contributed by atoms with Crippen LogP contribution in [0.4, 0.5) is 0 Å². The Hall–Kier alpha value is -0.540. The van der Waals surface area contributed by atoms with Crippen LogP contribution in [0.5, 0.6) is 0 Å². The maximum absolute atomic E-state index is 6.38. The van der Waals surface area contributed by atoms with Crippen molar-refractivity contribution in [3.63, 3.8) is 0 Å². The van der Waals surface area contributed by atoms with Gasteiger partial charge in [-0.3, -0.25) is 4.68 Å². The first-order chi connectivity index (χ1) is 9.02. The molecule has 0 radical (unpaired) electrons. The van der Waals surface area contributed by atoms with Gasteiger partial charge in [0.2, 0.25) is 0 Å². The molecule has 0 aliphatic heterocycles. The zero-order chi connectivity index (χ0) is 14.0. The van der Waals surface area contributed by atoms with E-state index >= 15 is 0 Å². The summed E-state index contributed by atoms with van der Waals surface area (Å²) in [6, 6.07) is 0.618. The zero-order valence-corrected chi connectivity index (χ0v) is 13.3. The van der Waals surface area contributed by atoms with Crippen LogP contribution in [0.15, 0.2) is 0 Å². The lowest BCUT2D eigenvalue weighted by atomic mass is 9.80. The van der Waals surface area contributed by atoms with Gasteiger partial charge >= 0.3 is 0 Å². The molecule has 3 unspecified atom stereocenters. The van der Waals surface area contributed by atoms with Crippen molar-refractivity contribution < 1.29 is 0 Å². The van der Waals surface area contributed by atoms with Crippen LogP contribution in [0, 0.1) is 11.8 Å². The predicted octanol–water partition coefficient (Wildman–Crippen LogP) is 3.55. The summed E-state index contributed by atoms with van der Waals surface area (Å²) in [5.74, 6) is 1.63. The van der Waals surface area contributed by atoms with Crippen molar-refractivity contribution in [3.05, 3.63) is 16.4 Å². The van der Waals surface area contributed by atoms with Gasteiger partial charge in [0, 0.05) is 19.6 Å². The van der Waals surface area contributed by atoms with Crippen LogP contribution >= 0.6 is 11.6 Å². The minimum absolute atomic E-state index is 0.618. The van der Waals surface area contributed by atoms with Crippen LogP contribution in [0.25, 0.3) is 0 Å². The van der Waals surface area contributed by atoms with Crippen molar-refractivity contribution in [3.8, 4) is 0 Å². The third kappa shape index (κ3) is 3.32. The first-order valence-corrected chi connectivity index (χ1v) is 7.84. The first kappa shape index (κ1) is 14.9. The number of rotatable bonds is 4.